The lowest BCUT2D eigenvalue weighted by molar-refractivity contribution is -0.123. The van der Waals surface area contributed by atoms with Crippen LogP contribution in [0.5, 0.6) is 28.7 Å². The van der Waals surface area contributed by atoms with Crippen LogP contribution in [0.2, 0.25) is 0 Å². The van der Waals surface area contributed by atoms with Gasteiger partial charge in [0.1, 0.15) is 5.78 Å². The first-order chi connectivity index (χ1) is 16.3. The Hall–Kier alpha value is -3.40. The summed E-state index contributed by atoms with van der Waals surface area (Å²) >= 11 is 1.33. The first kappa shape index (κ1) is 23.7. The SMILES string of the molecule is COc1cc(-c2nnc(SCC(=O)C(C)(C)C)n2-c2ccc3c(c2)OCO3)cc(OC)c1OC. The Labute approximate surface area is 202 Å². The number of ketones is 1. The molecule has 0 N–H and O–H groups in total. The summed E-state index contributed by atoms with van der Waals surface area (Å²) in [5, 5.41) is 9.44. The van der Waals surface area contributed by atoms with Gasteiger partial charge in [-0.15, -0.1) is 10.2 Å². The van der Waals surface area contributed by atoms with Gasteiger partial charge in [0, 0.05) is 17.0 Å². The van der Waals surface area contributed by atoms with Crippen LogP contribution < -0.4 is 23.7 Å². The van der Waals surface area contributed by atoms with Crippen molar-refractivity contribution in [1.82, 2.24) is 14.8 Å². The summed E-state index contributed by atoms with van der Waals surface area (Å²) in [6.45, 7) is 5.88. The highest BCUT2D eigenvalue weighted by Gasteiger charge is 2.25. The number of fused-ring (bicyclic) bond motifs is 1. The second-order valence-electron chi connectivity index (χ2n) is 8.56. The van der Waals surface area contributed by atoms with Crippen LogP contribution in [0.15, 0.2) is 35.5 Å². The predicted octanol–water partition coefficient (Wildman–Crippen LogP) is 4.40. The van der Waals surface area contributed by atoms with E-state index in [0.717, 1.165) is 5.69 Å². The molecule has 9 nitrogen and oxygen atoms in total. The first-order valence-electron chi connectivity index (χ1n) is 10.6. The molecule has 0 saturated heterocycles. The zero-order valence-electron chi connectivity index (χ0n) is 20.0. The van der Waals surface area contributed by atoms with E-state index in [0.29, 0.717) is 45.3 Å². The van der Waals surface area contributed by atoms with Gasteiger partial charge in [-0.2, -0.15) is 0 Å². The molecule has 2 heterocycles. The molecule has 0 bridgehead atoms. The van der Waals surface area contributed by atoms with Crippen molar-refractivity contribution in [2.75, 3.05) is 33.9 Å². The topological polar surface area (TPSA) is 93.9 Å². The number of thioether (sulfide) groups is 1. The normalized spacial score (nSPS) is 12.5. The van der Waals surface area contributed by atoms with Crippen molar-refractivity contribution in [3.8, 4) is 45.8 Å². The van der Waals surface area contributed by atoms with E-state index >= 15 is 0 Å². The van der Waals surface area contributed by atoms with Gasteiger partial charge in [0.2, 0.25) is 12.5 Å². The molecule has 0 saturated carbocycles. The van der Waals surface area contributed by atoms with Crippen LogP contribution in [0, 0.1) is 5.41 Å². The van der Waals surface area contributed by atoms with Crippen molar-refractivity contribution in [1.29, 1.82) is 0 Å². The fraction of sp³-hybridized carbons (Fsp3) is 0.375. The van der Waals surface area contributed by atoms with Gasteiger partial charge in [-0.1, -0.05) is 32.5 Å². The molecule has 0 atom stereocenters. The van der Waals surface area contributed by atoms with E-state index in [2.05, 4.69) is 10.2 Å². The van der Waals surface area contributed by atoms with Gasteiger partial charge in [-0.3, -0.25) is 9.36 Å². The summed E-state index contributed by atoms with van der Waals surface area (Å²) in [4.78, 5) is 12.6. The Morgan fingerprint density at radius 3 is 2.29 bits per heavy atom. The minimum absolute atomic E-state index is 0.118. The molecule has 34 heavy (non-hydrogen) atoms. The molecule has 0 fully saturated rings. The molecule has 1 aliphatic rings. The quantitative estimate of drug-likeness (QED) is 0.430. The molecule has 180 valence electrons. The highest BCUT2D eigenvalue weighted by Crippen LogP contribution is 2.42. The van der Waals surface area contributed by atoms with Crippen molar-refractivity contribution in [2.45, 2.75) is 25.9 Å². The number of methoxy groups -OCH3 is 3. The number of carbonyl (C=O) groups is 1. The molecule has 0 unspecified atom stereocenters. The second-order valence-corrected chi connectivity index (χ2v) is 9.50. The number of benzene rings is 2. The molecule has 0 amide bonds. The van der Waals surface area contributed by atoms with Gasteiger partial charge in [0.15, 0.2) is 34.0 Å². The fourth-order valence-electron chi connectivity index (χ4n) is 3.36. The number of Topliss-reactive ketones (excluding diaryl/α,β-unsaturated/α-hetero) is 1. The molecule has 3 aromatic rings. The summed E-state index contributed by atoms with van der Waals surface area (Å²) in [7, 11) is 4.67. The smallest absolute Gasteiger partial charge is 0.231 e. The Kier molecular flexibility index (Phi) is 6.60. The monoisotopic (exact) mass is 485 g/mol. The minimum atomic E-state index is -0.448. The second kappa shape index (κ2) is 9.46. The van der Waals surface area contributed by atoms with Gasteiger partial charge >= 0.3 is 0 Å². The lowest BCUT2D eigenvalue weighted by atomic mass is 9.92. The highest BCUT2D eigenvalue weighted by atomic mass is 32.2. The van der Waals surface area contributed by atoms with Crippen molar-refractivity contribution in [3.05, 3.63) is 30.3 Å². The fourth-order valence-corrected chi connectivity index (χ4v) is 4.48. The Bertz CT molecular complexity index is 1190. The Morgan fingerprint density at radius 2 is 1.68 bits per heavy atom. The summed E-state index contributed by atoms with van der Waals surface area (Å²) < 4.78 is 29.4. The third-order valence-corrected chi connectivity index (χ3v) is 6.27. The third kappa shape index (κ3) is 4.50. The van der Waals surface area contributed by atoms with Crippen LogP contribution in [0.4, 0.5) is 0 Å². The maximum absolute atomic E-state index is 12.6. The first-order valence-corrected chi connectivity index (χ1v) is 11.6. The van der Waals surface area contributed by atoms with E-state index in [1.807, 2.05) is 55.7 Å². The van der Waals surface area contributed by atoms with Crippen LogP contribution in [0.25, 0.3) is 17.1 Å². The van der Waals surface area contributed by atoms with E-state index in [4.69, 9.17) is 23.7 Å². The lowest BCUT2D eigenvalue weighted by Gasteiger charge is -2.17. The minimum Gasteiger partial charge on any atom is -0.493 e. The number of nitrogens with zero attached hydrogens (tertiary/aromatic N) is 3. The Balaban J connectivity index is 1.84. The zero-order chi connectivity index (χ0) is 24.5. The summed E-state index contributed by atoms with van der Waals surface area (Å²) in [5.41, 5.74) is 1.02. The third-order valence-electron chi connectivity index (χ3n) is 5.34. The summed E-state index contributed by atoms with van der Waals surface area (Å²) in [6, 6.07) is 9.22. The van der Waals surface area contributed by atoms with E-state index < -0.39 is 5.41 Å². The average molecular weight is 486 g/mol. The molecular weight excluding hydrogens is 458 g/mol. The van der Waals surface area contributed by atoms with Crippen LogP contribution in [-0.2, 0) is 4.79 Å². The molecular formula is C24H27N3O6S. The van der Waals surface area contributed by atoms with Gasteiger partial charge in [-0.25, -0.2) is 0 Å². The maximum atomic E-state index is 12.6. The van der Waals surface area contributed by atoms with Gasteiger partial charge in [0.05, 0.1) is 32.8 Å². The number of ether oxygens (including phenoxy) is 5. The predicted molar refractivity (Wildman–Crippen MR) is 128 cm³/mol. The van der Waals surface area contributed by atoms with E-state index in [-0.39, 0.29) is 18.3 Å². The Morgan fingerprint density at radius 1 is 1.00 bits per heavy atom. The van der Waals surface area contributed by atoms with Gasteiger partial charge in [0.25, 0.3) is 0 Å². The molecule has 1 aliphatic heterocycles. The molecule has 2 aromatic carbocycles. The largest absolute Gasteiger partial charge is 0.493 e. The standard InChI is InChI=1S/C24H27N3O6S/c1-24(2,3)20(28)12-34-23-26-25-22(14-9-18(29-4)21(31-6)19(10-14)30-5)27(23)15-7-8-16-17(11-15)33-13-32-16/h7-11H,12-13H2,1-6H3. The van der Waals surface area contributed by atoms with Crippen molar-refractivity contribution < 1.29 is 28.5 Å². The van der Waals surface area contributed by atoms with Crippen molar-refractivity contribution in [2.24, 2.45) is 5.41 Å². The molecule has 10 heteroatoms. The number of hydrogen-bond donors (Lipinski definition) is 0. The molecule has 0 radical (unpaired) electrons. The maximum Gasteiger partial charge on any atom is 0.231 e. The number of aromatic nitrogens is 3. The highest BCUT2D eigenvalue weighted by molar-refractivity contribution is 7.99. The lowest BCUT2D eigenvalue weighted by Crippen LogP contribution is -2.22. The van der Waals surface area contributed by atoms with Crippen LogP contribution in [0.1, 0.15) is 20.8 Å². The summed E-state index contributed by atoms with van der Waals surface area (Å²) in [5.74, 6) is 3.70. The molecule has 0 spiro atoms. The zero-order valence-corrected chi connectivity index (χ0v) is 20.8. The van der Waals surface area contributed by atoms with Crippen LogP contribution >= 0.6 is 11.8 Å². The number of hydrogen-bond acceptors (Lipinski definition) is 9. The number of rotatable bonds is 8. The van der Waals surface area contributed by atoms with Crippen LogP contribution in [0.3, 0.4) is 0 Å². The van der Waals surface area contributed by atoms with Crippen LogP contribution in [-0.4, -0.2) is 54.4 Å². The average Bonchev–Trinajstić information content (AvgIpc) is 3.47. The van der Waals surface area contributed by atoms with Gasteiger partial charge in [-0.05, 0) is 24.3 Å². The summed E-state index contributed by atoms with van der Waals surface area (Å²) in [6.07, 6.45) is 0. The molecule has 0 aliphatic carbocycles. The van der Waals surface area contributed by atoms with E-state index in [1.54, 1.807) is 21.3 Å². The van der Waals surface area contributed by atoms with Crippen molar-refractivity contribution in [3.63, 3.8) is 0 Å². The van der Waals surface area contributed by atoms with Gasteiger partial charge < -0.3 is 23.7 Å². The molecule has 4 rings (SSSR count). The van der Waals surface area contributed by atoms with E-state index in [1.165, 1.54) is 11.8 Å². The van der Waals surface area contributed by atoms with E-state index in [9.17, 15) is 4.79 Å². The van der Waals surface area contributed by atoms with Crippen molar-refractivity contribution >= 4 is 17.5 Å². The number of carbonyl (C=O) groups excluding carboxylic acids is 1. The molecule has 1 aromatic heterocycles.